The van der Waals surface area contributed by atoms with Crippen LogP contribution in [0.1, 0.15) is 5.89 Å². The van der Waals surface area contributed by atoms with Gasteiger partial charge in [0, 0.05) is 12.6 Å². The molecule has 0 aliphatic rings. The van der Waals surface area contributed by atoms with Gasteiger partial charge in [-0.15, -0.1) is 0 Å². The monoisotopic (exact) mass is 277 g/mol. The van der Waals surface area contributed by atoms with E-state index in [9.17, 15) is 9.18 Å². The Kier molecular flexibility index (Phi) is 4.47. The number of carbonyl (C=O) groups excluding carboxylic acids is 1. The smallest absolute Gasteiger partial charge is 0.233 e. The summed E-state index contributed by atoms with van der Waals surface area (Å²) < 4.78 is 18.4. The molecular weight excluding hydrogens is 261 g/mol. The van der Waals surface area contributed by atoms with Crippen molar-refractivity contribution in [2.75, 3.05) is 20.6 Å². The second-order valence-electron chi connectivity index (χ2n) is 4.47. The summed E-state index contributed by atoms with van der Waals surface area (Å²) in [6, 6.07) is 6.01. The fraction of sp³-hybridized carbons (Fsp3) is 0.286. The molecule has 6 heteroatoms. The molecule has 2 aromatic rings. The summed E-state index contributed by atoms with van der Waals surface area (Å²) in [5, 5.41) is 2.55. The van der Waals surface area contributed by atoms with E-state index in [-0.39, 0.29) is 18.3 Å². The molecule has 1 N–H and O–H groups in total. The highest BCUT2D eigenvalue weighted by atomic mass is 19.1. The molecule has 0 spiro atoms. The van der Waals surface area contributed by atoms with E-state index in [4.69, 9.17) is 4.42 Å². The maximum Gasteiger partial charge on any atom is 0.233 e. The van der Waals surface area contributed by atoms with Crippen molar-refractivity contribution in [2.45, 2.75) is 6.54 Å². The Hall–Kier alpha value is -2.21. The lowest BCUT2D eigenvalue weighted by atomic mass is 10.2. The molecule has 0 bridgehead atoms. The first-order valence-electron chi connectivity index (χ1n) is 6.18. The standard InChI is InChI=1S/C14H16FN3O2/c1-16-13(19)8-18(2)9-14-17-7-12(20-14)10-3-5-11(15)6-4-10/h3-7H,8-9H2,1-2H3,(H,16,19). The summed E-state index contributed by atoms with van der Waals surface area (Å²) in [7, 11) is 3.39. The van der Waals surface area contributed by atoms with Crippen molar-refractivity contribution in [3.8, 4) is 11.3 Å². The average Bonchev–Trinajstić information content (AvgIpc) is 2.87. The normalized spacial score (nSPS) is 10.8. The minimum absolute atomic E-state index is 0.0715. The summed E-state index contributed by atoms with van der Waals surface area (Å²) in [5.41, 5.74) is 0.763. The lowest BCUT2D eigenvalue weighted by Crippen LogP contribution is -2.32. The van der Waals surface area contributed by atoms with Gasteiger partial charge in [-0.05, 0) is 31.3 Å². The van der Waals surface area contributed by atoms with Gasteiger partial charge in [0.25, 0.3) is 0 Å². The van der Waals surface area contributed by atoms with E-state index < -0.39 is 0 Å². The molecule has 5 nitrogen and oxygen atoms in total. The second kappa shape index (κ2) is 6.29. The summed E-state index contributed by atoms with van der Waals surface area (Å²) >= 11 is 0. The van der Waals surface area contributed by atoms with Gasteiger partial charge in [0.2, 0.25) is 11.8 Å². The van der Waals surface area contributed by atoms with Crippen LogP contribution in [0.25, 0.3) is 11.3 Å². The van der Waals surface area contributed by atoms with Gasteiger partial charge in [-0.2, -0.15) is 0 Å². The number of hydrogen-bond acceptors (Lipinski definition) is 4. The molecule has 0 saturated carbocycles. The molecule has 1 heterocycles. The van der Waals surface area contributed by atoms with Crippen LogP contribution in [0.4, 0.5) is 4.39 Å². The van der Waals surface area contributed by atoms with E-state index in [1.54, 1.807) is 37.3 Å². The Morgan fingerprint density at radius 1 is 1.40 bits per heavy atom. The quantitative estimate of drug-likeness (QED) is 0.903. The highest BCUT2D eigenvalue weighted by molar-refractivity contribution is 5.77. The SMILES string of the molecule is CNC(=O)CN(C)Cc1ncc(-c2ccc(F)cc2)o1. The fourth-order valence-electron chi connectivity index (χ4n) is 1.74. The molecule has 2 rings (SSSR count). The van der Waals surface area contributed by atoms with E-state index in [1.165, 1.54) is 12.1 Å². The maximum atomic E-state index is 12.8. The van der Waals surface area contributed by atoms with Gasteiger partial charge in [-0.25, -0.2) is 9.37 Å². The van der Waals surface area contributed by atoms with Crippen molar-refractivity contribution in [3.63, 3.8) is 0 Å². The first-order valence-corrected chi connectivity index (χ1v) is 6.18. The molecule has 1 amide bonds. The number of oxazole rings is 1. The van der Waals surface area contributed by atoms with E-state index in [0.717, 1.165) is 5.56 Å². The number of benzene rings is 1. The summed E-state index contributed by atoms with van der Waals surface area (Å²) in [5.74, 6) is 0.723. The van der Waals surface area contributed by atoms with Crippen LogP contribution in [-0.4, -0.2) is 36.4 Å². The van der Waals surface area contributed by atoms with Gasteiger partial charge >= 0.3 is 0 Å². The Morgan fingerprint density at radius 3 is 2.75 bits per heavy atom. The third-order valence-electron chi connectivity index (χ3n) is 2.78. The average molecular weight is 277 g/mol. The largest absolute Gasteiger partial charge is 0.439 e. The topological polar surface area (TPSA) is 58.4 Å². The summed E-state index contributed by atoms with van der Waals surface area (Å²) in [6.07, 6.45) is 1.59. The third kappa shape index (κ3) is 3.64. The van der Waals surface area contributed by atoms with Gasteiger partial charge in [-0.3, -0.25) is 9.69 Å². The zero-order valence-electron chi connectivity index (χ0n) is 11.4. The van der Waals surface area contributed by atoms with Gasteiger partial charge in [0.1, 0.15) is 5.82 Å². The Bertz CT molecular complexity index is 580. The van der Waals surface area contributed by atoms with Gasteiger partial charge < -0.3 is 9.73 Å². The van der Waals surface area contributed by atoms with Crippen LogP contribution < -0.4 is 5.32 Å². The molecule has 0 fully saturated rings. The predicted octanol–water partition coefficient (Wildman–Crippen LogP) is 1.66. The zero-order valence-corrected chi connectivity index (χ0v) is 11.4. The van der Waals surface area contributed by atoms with Crippen molar-refractivity contribution in [3.05, 3.63) is 42.2 Å². The van der Waals surface area contributed by atoms with Gasteiger partial charge in [0.05, 0.1) is 19.3 Å². The number of hydrogen-bond donors (Lipinski definition) is 1. The first-order chi connectivity index (χ1) is 9.58. The maximum absolute atomic E-state index is 12.8. The van der Waals surface area contributed by atoms with Crippen LogP contribution in [0, 0.1) is 5.82 Å². The number of carbonyl (C=O) groups is 1. The number of nitrogens with zero attached hydrogens (tertiary/aromatic N) is 2. The Balaban J connectivity index is 2.02. The molecule has 0 aliphatic carbocycles. The number of nitrogens with one attached hydrogen (secondary N) is 1. The van der Waals surface area contributed by atoms with Crippen LogP contribution >= 0.6 is 0 Å². The van der Waals surface area contributed by atoms with E-state index >= 15 is 0 Å². The number of likely N-dealkylation sites (N-methyl/N-ethyl adjacent to an activating group) is 2. The molecule has 0 radical (unpaired) electrons. The molecule has 0 unspecified atom stereocenters. The lowest BCUT2D eigenvalue weighted by molar-refractivity contribution is -0.121. The van der Waals surface area contributed by atoms with Crippen molar-refractivity contribution < 1.29 is 13.6 Å². The van der Waals surface area contributed by atoms with Crippen LogP contribution in [0.15, 0.2) is 34.9 Å². The fourth-order valence-corrected chi connectivity index (χ4v) is 1.74. The Labute approximate surface area is 116 Å². The molecule has 1 aromatic carbocycles. The lowest BCUT2D eigenvalue weighted by Gasteiger charge is -2.12. The number of aromatic nitrogens is 1. The molecular formula is C14H16FN3O2. The van der Waals surface area contributed by atoms with Crippen molar-refractivity contribution in [1.82, 2.24) is 15.2 Å². The second-order valence-corrected chi connectivity index (χ2v) is 4.47. The van der Waals surface area contributed by atoms with Crippen molar-refractivity contribution >= 4 is 5.91 Å². The van der Waals surface area contributed by atoms with Crippen LogP contribution in [-0.2, 0) is 11.3 Å². The first kappa shape index (κ1) is 14.2. The minimum atomic E-state index is -0.293. The van der Waals surface area contributed by atoms with E-state index in [1.807, 2.05) is 0 Å². The highest BCUT2D eigenvalue weighted by Gasteiger charge is 2.11. The van der Waals surface area contributed by atoms with Crippen LogP contribution in [0.3, 0.4) is 0 Å². The molecule has 0 atom stereocenters. The number of halogens is 1. The number of rotatable bonds is 5. The van der Waals surface area contributed by atoms with Crippen molar-refractivity contribution in [1.29, 1.82) is 0 Å². The van der Waals surface area contributed by atoms with E-state index in [0.29, 0.717) is 18.2 Å². The molecule has 106 valence electrons. The zero-order chi connectivity index (χ0) is 14.5. The van der Waals surface area contributed by atoms with Crippen LogP contribution in [0.5, 0.6) is 0 Å². The van der Waals surface area contributed by atoms with E-state index in [2.05, 4.69) is 10.3 Å². The molecule has 0 saturated heterocycles. The summed E-state index contributed by atoms with van der Waals surface area (Å²) in [6.45, 7) is 0.694. The summed E-state index contributed by atoms with van der Waals surface area (Å²) in [4.78, 5) is 17.2. The Morgan fingerprint density at radius 2 is 2.10 bits per heavy atom. The van der Waals surface area contributed by atoms with Crippen LogP contribution in [0.2, 0.25) is 0 Å². The van der Waals surface area contributed by atoms with Gasteiger partial charge in [-0.1, -0.05) is 0 Å². The molecule has 0 aliphatic heterocycles. The molecule has 20 heavy (non-hydrogen) atoms. The van der Waals surface area contributed by atoms with Crippen molar-refractivity contribution in [2.24, 2.45) is 0 Å². The third-order valence-corrected chi connectivity index (χ3v) is 2.78. The minimum Gasteiger partial charge on any atom is -0.439 e. The molecule has 1 aromatic heterocycles. The highest BCUT2D eigenvalue weighted by Crippen LogP contribution is 2.20. The predicted molar refractivity (Wildman–Crippen MR) is 72.3 cm³/mol. The van der Waals surface area contributed by atoms with Gasteiger partial charge in [0.15, 0.2) is 5.76 Å². The number of amides is 1.